The van der Waals surface area contributed by atoms with Crippen LogP contribution in [0.5, 0.6) is 23.0 Å². The molecule has 1 unspecified atom stereocenters. The Balaban J connectivity index is 1.34. The van der Waals surface area contributed by atoms with E-state index in [1.54, 1.807) is 6.07 Å². The Kier molecular flexibility index (Phi) is 12.1. The lowest BCUT2D eigenvalue weighted by atomic mass is 9.77. The average Bonchev–Trinajstić information content (AvgIpc) is 3.52. The number of phenolic OH excluding ortho intramolecular Hbond substituents is 1. The van der Waals surface area contributed by atoms with Gasteiger partial charge in [-0.1, -0.05) is 58.5 Å². The molecule has 3 N–H and O–H groups in total. The van der Waals surface area contributed by atoms with E-state index in [1.165, 1.54) is 6.07 Å². The Bertz CT molecular complexity index is 2850. The molecule has 0 aromatic heterocycles. The molecule has 1 spiro atoms. The lowest BCUT2D eigenvalue weighted by Gasteiger charge is -2.38. The predicted molar refractivity (Wildman–Crippen MR) is 244 cm³/mol. The van der Waals surface area contributed by atoms with Crippen LogP contribution in [0, 0.1) is 14.3 Å². The molecule has 1 atom stereocenters. The Hall–Kier alpha value is -3.20. The first-order valence-electron chi connectivity index (χ1n) is 15.9. The summed E-state index contributed by atoms with van der Waals surface area (Å²) >= 11 is 33.8. The van der Waals surface area contributed by atoms with Gasteiger partial charge in [-0.05, 0) is 127 Å². The Labute approximate surface area is 405 Å². The third kappa shape index (κ3) is 6.99. The number of phenols is 1. The maximum Gasteiger partial charge on any atom is 0.344 e. The van der Waals surface area contributed by atoms with Crippen molar-refractivity contribution in [2.45, 2.75) is 5.60 Å². The Morgan fingerprint density at radius 2 is 1.22 bits per heavy atom. The van der Waals surface area contributed by atoms with Crippen LogP contribution in [0.4, 0.5) is 0 Å². The van der Waals surface area contributed by atoms with Crippen LogP contribution < -0.4 is 9.47 Å². The molecule has 59 heavy (non-hydrogen) atoms. The zero-order valence-electron chi connectivity index (χ0n) is 28.6. The van der Waals surface area contributed by atoms with Crippen molar-refractivity contribution in [1.82, 2.24) is 0 Å². The maximum atomic E-state index is 13.9. The summed E-state index contributed by atoms with van der Waals surface area (Å²) in [7, 11) is 1.03. The van der Waals surface area contributed by atoms with Crippen molar-refractivity contribution in [3.05, 3.63) is 139 Å². The number of esters is 3. The highest BCUT2D eigenvalue weighted by atomic mass is 127. The Morgan fingerprint density at radius 3 is 1.81 bits per heavy atom. The second kappa shape index (κ2) is 16.2. The number of halogens is 8. The quantitative estimate of drug-likeness (QED) is 0.0348. The van der Waals surface area contributed by atoms with E-state index in [4.69, 9.17) is 60.6 Å². The number of carbonyl (C=O) groups is 6. The zero-order valence-corrected chi connectivity index (χ0v) is 40.2. The van der Waals surface area contributed by atoms with E-state index in [2.05, 4.69) is 4.74 Å². The number of hydrogen-bond acceptors (Lipinski definition) is 11. The van der Waals surface area contributed by atoms with E-state index in [1.807, 2.05) is 90.4 Å². The molecule has 0 amide bonds. The monoisotopic (exact) mass is 1330 g/mol. The van der Waals surface area contributed by atoms with Gasteiger partial charge in [-0.15, -0.1) is 0 Å². The molecule has 13 nitrogen and oxygen atoms in total. The smallest absolute Gasteiger partial charge is 0.344 e. The van der Waals surface area contributed by atoms with Gasteiger partial charge in [-0.25, -0.2) is 24.0 Å². The number of benzene rings is 5. The summed E-state index contributed by atoms with van der Waals surface area (Å²) in [6, 6.07) is 9.39. The number of rotatable bonds is 7. The molecular formula is C38H14Cl4I4O13. The standard InChI is InChI=1S/C38H14Cl4I4O13/c1-56-35(53)15-7-11(2-4-12(15)33(49)50)28(47)10-3-5-13(14(6-10)34(51)52)36(54)58-32-19(44)9-17-31(27(32)46)57-30-16(8-18(43)29(48)26(30)45)38(17)21-20(37(55)59-38)22(39)24(41)25(42)23(21)40/h2-9,48H,1H3,(H,49,50)(H,51,52). The molecule has 300 valence electrons. The number of aromatic carboxylic acids is 2. The fraction of sp³-hybridized carbons (Fsp3) is 0.0526. The molecule has 0 saturated carbocycles. The SMILES string of the molecule is COC(=O)c1cc(C(=O)c2ccc(C(=O)Oc3c(I)cc4c(c3I)Oc3c(cc(I)c(O)c3I)C43OC(=O)c4c(Cl)c(Cl)c(Cl)c(Cl)c43)c(C(=O)O)c2)ccc1C(=O)O. The van der Waals surface area contributed by atoms with Crippen LogP contribution in [0.3, 0.4) is 0 Å². The summed E-state index contributed by atoms with van der Waals surface area (Å²) in [5.74, 6) is -7.11. The number of carboxylic acid groups (broad SMARTS) is 2. The van der Waals surface area contributed by atoms with Crippen molar-refractivity contribution in [2.75, 3.05) is 7.11 Å². The van der Waals surface area contributed by atoms with Gasteiger partial charge in [-0.2, -0.15) is 0 Å². The minimum Gasteiger partial charge on any atom is -0.506 e. The second-order valence-corrected chi connectivity index (χ2v) is 18.3. The second-order valence-electron chi connectivity index (χ2n) is 12.3. The van der Waals surface area contributed by atoms with Gasteiger partial charge >= 0.3 is 29.8 Å². The maximum absolute atomic E-state index is 13.9. The predicted octanol–water partition coefficient (Wildman–Crippen LogP) is 10.6. The van der Waals surface area contributed by atoms with Gasteiger partial charge in [-0.3, -0.25) is 4.79 Å². The number of carboxylic acids is 2. The van der Waals surface area contributed by atoms with Crippen LogP contribution >= 0.6 is 137 Å². The first-order chi connectivity index (χ1) is 27.8. The van der Waals surface area contributed by atoms with E-state index in [9.17, 15) is 44.1 Å². The third-order valence-corrected chi connectivity index (χ3v) is 14.6. The molecule has 2 aliphatic heterocycles. The lowest BCUT2D eigenvalue weighted by molar-refractivity contribution is 0.0222. The van der Waals surface area contributed by atoms with E-state index >= 15 is 0 Å². The van der Waals surface area contributed by atoms with Crippen molar-refractivity contribution in [3.8, 4) is 23.0 Å². The van der Waals surface area contributed by atoms with E-state index in [0.29, 0.717) is 3.57 Å². The van der Waals surface area contributed by atoms with Crippen LogP contribution in [0.1, 0.15) is 84.4 Å². The van der Waals surface area contributed by atoms with Crippen molar-refractivity contribution in [3.63, 3.8) is 0 Å². The normalized spacial score (nSPS) is 14.8. The van der Waals surface area contributed by atoms with E-state index < -0.39 is 63.5 Å². The van der Waals surface area contributed by atoms with E-state index in [0.717, 1.165) is 43.5 Å². The van der Waals surface area contributed by atoms with Crippen LogP contribution in [0.25, 0.3) is 0 Å². The first kappa shape index (κ1) is 43.9. The van der Waals surface area contributed by atoms with Crippen molar-refractivity contribution in [1.29, 1.82) is 0 Å². The minimum absolute atomic E-state index is 0.00149. The van der Waals surface area contributed by atoms with Gasteiger partial charge in [0.1, 0.15) is 9.32 Å². The number of hydrogen-bond donors (Lipinski definition) is 3. The molecule has 0 saturated heterocycles. The number of aromatic hydroxyl groups is 1. The summed E-state index contributed by atoms with van der Waals surface area (Å²) in [4.78, 5) is 77.6. The summed E-state index contributed by atoms with van der Waals surface area (Å²) < 4.78 is 24.1. The van der Waals surface area contributed by atoms with Gasteiger partial charge in [0.25, 0.3) is 0 Å². The fourth-order valence-electron chi connectivity index (χ4n) is 6.52. The molecule has 2 heterocycles. The highest BCUT2D eigenvalue weighted by Gasteiger charge is 2.58. The van der Waals surface area contributed by atoms with Crippen LogP contribution in [0.2, 0.25) is 20.1 Å². The zero-order chi connectivity index (χ0) is 43.2. The van der Waals surface area contributed by atoms with Crippen LogP contribution in [-0.4, -0.2) is 58.1 Å². The Morgan fingerprint density at radius 1 is 0.678 bits per heavy atom. The number of methoxy groups -OCH3 is 1. The molecule has 0 fully saturated rings. The molecular weight excluding hydrogens is 1310 g/mol. The number of carbonyl (C=O) groups excluding carboxylic acids is 4. The third-order valence-electron chi connectivity index (χ3n) is 9.16. The molecule has 7 rings (SSSR count). The van der Waals surface area contributed by atoms with Crippen molar-refractivity contribution < 1.29 is 63.0 Å². The fourth-order valence-corrected chi connectivity index (χ4v) is 11.4. The lowest BCUT2D eigenvalue weighted by Crippen LogP contribution is -2.34. The minimum atomic E-state index is -1.90. The number of fused-ring (bicyclic) bond motifs is 6. The summed E-state index contributed by atoms with van der Waals surface area (Å²) in [5, 5.41) is 29.9. The number of ketones is 1. The average molecular weight is 1330 g/mol. The highest BCUT2D eigenvalue weighted by molar-refractivity contribution is 14.1. The molecule has 21 heteroatoms. The molecule has 2 aliphatic rings. The largest absolute Gasteiger partial charge is 0.506 e. The highest BCUT2D eigenvalue weighted by Crippen LogP contribution is 2.63. The first-order valence-corrected chi connectivity index (χ1v) is 21.7. The molecule has 5 aromatic rings. The molecule has 0 aliphatic carbocycles. The molecule has 5 aromatic carbocycles. The van der Waals surface area contributed by atoms with Crippen molar-refractivity contribution >= 4 is 172 Å². The summed E-state index contributed by atoms with van der Waals surface area (Å²) in [6.45, 7) is 0. The van der Waals surface area contributed by atoms with Crippen LogP contribution in [-0.2, 0) is 15.1 Å². The van der Waals surface area contributed by atoms with Crippen LogP contribution in [0.15, 0.2) is 48.5 Å². The van der Waals surface area contributed by atoms with Gasteiger partial charge < -0.3 is 34.3 Å². The van der Waals surface area contributed by atoms with Gasteiger partial charge in [0.15, 0.2) is 28.6 Å². The summed E-state index contributed by atoms with van der Waals surface area (Å²) in [5.41, 5.74) is -3.87. The van der Waals surface area contributed by atoms with Crippen molar-refractivity contribution in [2.24, 2.45) is 0 Å². The van der Waals surface area contributed by atoms with E-state index in [-0.39, 0.29) is 87.2 Å². The number of ether oxygens (including phenoxy) is 4. The van der Waals surface area contributed by atoms with Gasteiger partial charge in [0, 0.05) is 16.7 Å². The topological polar surface area (TPSA) is 200 Å². The summed E-state index contributed by atoms with van der Waals surface area (Å²) in [6.07, 6.45) is 0. The van der Waals surface area contributed by atoms with Gasteiger partial charge in [0.2, 0.25) is 0 Å². The van der Waals surface area contributed by atoms with Gasteiger partial charge in [0.05, 0.1) is 76.9 Å². The molecule has 0 bridgehead atoms. The molecule has 0 radical (unpaired) electrons.